The molecule has 0 N–H and O–H groups in total. The summed E-state index contributed by atoms with van der Waals surface area (Å²) in [7, 11) is 8.40. The number of benzene rings is 2. The van der Waals surface area contributed by atoms with Crippen molar-refractivity contribution in [1.82, 2.24) is 0 Å². The van der Waals surface area contributed by atoms with Crippen LogP contribution in [-0.2, 0) is 4.74 Å². The van der Waals surface area contributed by atoms with Crippen LogP contribution in [0.5, 0.6) is 28.7 Å². The van der Waals surface area contributed by atoms with E-state index in [0.717, 1.165) is 41.2 Å². The maximum Gasteiger partial charge on any atom is 0.203 e. The van der Waals surface area contributed by atoms with Crippen molar-refractivity contribution in [2.45, 2.75) is 49.0 Å². The Kier molecular flexibility index (Phi) is 9.03. The SMILES string of the molecule is CCCOc1c(OC)cc([C@@H]2CC[C@@H](c3cc(OC)c(OC)c(OC)c3)[C@@H]2OC)cc1SC. The Morgan fingerprint density at radius 3 is 1.70 bits per heavy atom. The van der Waals surface area contributed by atoms with Crippen molar-refractivity contribution in [3.8, 4) is 28.7 Å². The summed E-state index contributed by atoms with van der Waals surface area (Å²) >= 11 is 1.68. The van der Waals surface area contributed by atoms with Crippen molar-refractivity contribution >= 4 is 11.8 Å². The molecule has 0 aliphatic heterocycles. The molecule has 2 aromatic carbocycles. The molecule has 0 amide bonds. The quantitative estimate of drug-likeness (QED) is 0.374. The molecule has 0 heterocycles. The van der Waals surface area contributed by atoms with Crippen LogP contribution in [0.2, 0.25) is 0 Å². The lowest BCUT2D eigenvalue weighted by atomic mass is 9.89. The van der Waals surface area contributed by atoms with Crippen molar-refractivity contribution in [3.05, 3.63) is 35.4 Å². The molecule has 0 aromatic heterocycles. The molecule has 6 nitrogen and oxygen atoms in total. The first-order valence-corrected chi connectivity index (χ1v) is 12.5. The minimum atomic E-state index is 0.00892. The Morgan fingerprint density at radius 1 is 0.758 bits per heavy atom. The molecule has 1 saturated carbocycles. The van der Waals surface area contributed by atoms with Gasteiger partial charge in [-0.25, -0.2) is 0 Å². The number of ether oxygens (including phenoxy) is 6. The molecule has 33 heavy (non-hydrogen) atoms. The second-order valence-electron chi connectivity index (χ2n) is 8.05. The Balaban J connectivity index is 1.98. The van der Waals surface area contributed by atoms with E-state index < -0.39 is 0 Å². The minimum absolute atomic E-state index is 0.00892. The lowest BCUT2D eigenvalue weighted by molar-refractivity contribution is 0.0804. The van der Waals surface area contributed by atoms with E-state index in [1.807, 2.05) is 12.1 Å². The molecule has 0 unspecified atom stereocenters. The van der Waals surface area contributed by atoms with Gasteiger partial charge in [0, 0.05) is 18.9 Å². The van der Waals surface area contributed by atoms with Crippen molar-refractivity contribution in [3.63, 3.8) is 0 Å². The van der Waals surface area contributed by atoms with E-state index in [1.54, 1.807) is 47.3 Å². The van der Waals surface area contributed by atoms with E-state index in [4.69, 9.17) is 28.4 Å². The van der Waals surface area contributed by atoms with Crippen molar-refractivity contribution in [1.29, 1.82) is 0 Å². The van der Waals surface area contributed by atoms with Gasteiger partial charge in [0.25, 0.3) is 0 Å². The third-order valence-electron chi connectivity index (χ3n) is 6.33. The number of hydrogen-bond donors (Lipinski definition) is 0. The summed E-state index contributed by atoms with van der Waals surface area (Å²) < 4.78 is 34.5. The number of methoxy groups -OCH3 is 5. The van der Waals surface area contributed by atoms with Gasteiger partial charge in [-0.3, -0.25) is 0 Å². The maximum absolute atomic E-state index is 6.10. The zero-order valence-corrected chi connectivity index (χ0v) is 21.5. The molecule has 182 valence electrons. The van der Waals surface area contributed by atoms with Crippen LogP contribution in [0.25, 0.3) is 0 Å². The average Bonchev–Trinajstić information content (AvgIpc) is 3.30. The van der Waals surface area contributed by atoms with Gasteiger partial charge in [0.15, 0.2) is 23.0 Å². The second kappa shape index (κ2) is 11.7. The molecule has 3 atom stereocenters. The molecule has 7 heteroatoms. The Hall–Kier alpha value is -2.25. The fourth-order valence-corrected chi connectivity index (χ4v) is 5.38. The third kappa shape index (κ3) is 5.14. The molecule has 1 aliphatic rings. The van der Waals surface area contributed by atoms with E-state index in [2.05, 4.69) is 25.3 Å². The monoisotopic (exact) mass is 476 g/mol. The van der Waals surface area contributed by atoms with Crippen LogP contribution in [0.4, 0.5) is 0 Å². The first-order valence-electron chi connectivity index (χ1n) is 11.3. The maximum atomic E-state index is 6.10. The van der Waals surface area contributed by atoms with Crippen LogP contribution in [0, 0.1) is 0 Å². The van der Waals surface area contributed by atoms with Crippen molar-refractivity contribution in [2.24, 2.45) is 0 Å². The highest BCUT2D eigenvalue weighted by atomic mass is 32.2. The molecule has 0 radical (unpaired) electrons. The van der Waals surface area contributed by atoms with Gasteiger partial charge >= 0.3 is 0 Å². The predicted octanol–water partition coefficient (Wildman–Crippen LogP) is 5.91. The normalized spacial score (nSPS) is 19.9. The van der Waals surface area contributed by atoms with Crippen LogP contribution in [0.15, 0.2) is 29.2 Å². The van der Waals surface area contributed by atoms with Gasteiger partial charge < -0.3 is 28.4 Å². The van der Waals surface area contributed by atoms with Crippen LogP contribution in [-0.4, -0.2) is 54.5 Å². The highest BCUT2D eigenvalue weighted by Gasteiger charge is 2.39. The van der Waals surface area contributed by atoms with Gasteiger partial charge in [-0.2, -0.15) is 0 Å². The number of thioether (sulfide) groups is 1. The highest BCUT2D eigenvalue weighted by Crippen LogP contribution is 2.50. The average molecular weight is 477 g/mol. The molecule has 0 bridgehead atoms. The van der Waals surface area contributed by atoms with E-state index in [9.17, 15) is 0 Å². The zero-order valence-electron chi connectivity index (χ0n) is 20.7. The Morgan fingerprint density at radius 2 is 1.27 bits per heavy atom. The first kappa shape index (κ1) is 25.4. The standard InChI is InChI=1S/C26H36O6S/c1-8-11-32-26-22(29-4)14-17(15-23(26)33-7)19-10-9-18(24(19)30-5)16-12-20(27-2)25(31-6)21(13-16)28-3/h12-15,18-19,24H,8-11H2,1-7H3/t18-,19-,24-/m0/s1. The van der Waals surface area contributed by atoms with E-state index in [0.29, 0.717) is 23.9 Å². The van der Waals surface area contributed by atoms with E-state index in [1.165, 1.54) is 5.56 Å². The van der Waals surface area contributed by atoms with Crippen molar-refractivity contribution in [2.75, 3.05) is 48.4 Å². The summed E-state index contributed by atoms with van der Waals surface area (Å²) in [6.07, 6.45) is 5.02. The molecule has 0 spiro atoms. The van der Waals surface area contributed by atoms with Crippen LogP contribution >= 0.6 is 11.8 Å². The molecule has 2 aromatic rings. The molecular weight excluding hydrogens is 440 g/mol. The molecule has 0 saturated heterocycles. The zero-order chi connectivity index (χ0) is 24.0. The summed E-state index contributed by atoms with van der Waals surface area (Å²) in [6.45, 7) is 2.77. The first-order chi connectivity index (χ1) is 16.1. The fraction of sp³-hybridized carbons (Fsp3) is 0.538. The smallest absolute Gasteiger partial charge is 0.203 e. The van der Waals surface area contributed by atoms with Crippen LogP contribution in [0.3, 0.4) is 0 Å². The van der Waals surface area contributed by atoms with Gasteiger partial charge in [-0.15, -0.1) is 11.8 Å². The minimum Gasteiger partial charge on any atom is -0.493 e. The second-order valence-corrected chi connectivity index (χ2v) is 8.90. The van der Waals surface area contributed by atoms with Crippen molar-refractivity contribution < 1.29 is 28.4 Å². The number of hydrogen-bond acceptors (Lipinski definition) is 7. The summed E-state index contributed by atoms with van der Waals surface area (Å²) in [5.41, 5.74) is 2.33. The lowest BCUT2D eigenvalue weighted by Gasteiger charge is -2.26. The molecule has 1 fully saturated rings. The van der Waals surface area contributed by atoms with Gasteiger partial charge in [0.1, 0.15) is 0 Å². The third-order valence-corrected chi connectivity index (χ3v) is 7.07. The fourth-order valence-electron chi connectivity index (χ4n) is 4.79. The highest BCUT2D eigenvalue weighted by molar-refractivity contribution is 7.98. The Bertz CT molecular complexity index is 881. The number of rotatable bonds is 11. The summed E-state index contributed by atoms with van der Waals surface area (Å²) in [6, 6.07) is 8.41. The molecule has 3 rings (SSSR count). The topological polar surface area (TPSA) is 55.4 Å². The van der Waals surface area contributed by atoms with E-state index in [-0.39, 0.29) is 17.9 Å². The summed E-state index contributed by atoms with van der Waals surface area (Å²) in [5.74, 6) is 3.96. The van der Waals surface area contributed by atoms with Gasteiger partial charge in [0.05, 0.1) is 46.0 Å². The van der Waals surface area contributed by atoms with E-state index >= 15 is 0 Å². The lowest BCUT2D eigenvalue weighted by Crippen LogP contribution is -2.21. The molecule has 1 aliphatic carbocycles. The Labute approximate surface area is 201 Å². The van der Waals surface area contributed by atoms with Crippen LogP contribution in [0.1, 0.15) is 49.1 Å². The van der Waals surface area contributed by atoms with Gasteiger partial charge in [-0.05, 0) is 60.9 Å². The summed E-state index contributed by atoms with van der Waals surface area (Å²) in [4.78, 5) is 1.09. The molecular formula is C26H36O6S. The van der Waals surface area contributed by atoms with Crippen LogP contribution < -0.4 is 23.7 Å². The van der Waals surface area contributed by atoms with Gasteiger partial charge in [-0.1, -0.05) is 6.92 Å². The van der Waals surface area contributed by atoms with Gasteiger partial charge in [0.2, 0.25) is 5.75 Å². The summed E-state index contributed by atoms with van der Waals surface area (Å²) in [5, 5.41) is 0. The predicted molar refractivity (Wildman–Crippen MR) is 132 cm³/mol. The largest absolute Gasteiger partial charge is 0.493 e.